The van der Waals surface area contributed by atoms with E-state index in [9.17, 15) is 0 Å². The molecular weight excluding hydrogens is 206 g/mol. The summed E-state index contributed by atoms with van der Waals surface area (Å²) in [5.41, 5.74) is 0. The van der Waals surface area contributed by atoms with Gasteiger partial charge in [-0.3, -0.25) is 0 Å². The van der Waals surface area contributed by atoms with Gasteiger partial charge in [0.1, 0.15) is 0 Å². The SMILES string of the molecule is CC.CC.CC(C)C1CCC(CN(C)C)CC1. The first-order valence-corrected chi connectivity index (χ1v) is 7.74. The zero-order valence-corrected chi connectivity index (χ0v) is 13.7. The van der Waals surface area contributed by atoms with Crippen LogP contribution in [0.3, 0.4) is 0 Å². The minimum absolute atomic E-state index is 0.903. The molecule has 1 rings (SSSR count). The molecule has 1 fully saturated rings. The van der Waals surface area contributed by atoms with E-state index in [1.807, 2.05) is 27.7 Å². The summed E-state index contributed by atoms with van der Waals surface area (Å²) in [6.07, 6.45) is 5.86. The van der Waals surface area contributed by atoms with Crippen molar-refractivity contribution in [3.63, 3.8) is 0 Å². The highest BCUT2D eigenvalue weighted by molar-refractivity contribution is 4.75. The molecule has 1 aliphatic rings. The van der Waals surface area contributed by atoms with Crippen molar-refractivity contribution >= 4 is 0 Å². The van der Waals surface area contributed by atoms with E-state index < -0.39 is 0 Å². The lowest BCUT2D eigenvalue weighted by molar-refractivity contribution is 0.192. The van der Waals surface area contributed by atoms with Crippen LogP contribution in [-0.2, 0) is 0 Å². The predicted octanol–water partition coefficient (Wildman–Crippen LogP) is 5.06. The van der Waals surface area contributed by atoms with Crippen molar-refractivity contribution in [3.05, 3.63) is 0 Å². The average molecular weight is 243 g/mol. The third-order valence-electron chi connectivity index (χ3n) is 3.46. The highest BCUT2D eigenvalue weighted by Crippen LogP contribution is 2.33. The van der Waals surface area contributed by atoms with Crippen molar-refractivity contribution in [2.75, 3.05) is 20.6 Å². The van der Waals surface area contributed by atoms with Crippen LogP contribution < -0.4 is 0 Å². The largest absolute Gasteiger partial charge is 0.309 e. The van der Waals surface area contributed by atoms with Gasteiger partial charge in [-0.25, -0.2) is 0 Å². The molecule has 1 heteroatoms. The van der Waals surface area contributed by atoms with Crippen LogP contribution in [0.25, 0.3) is 0 Å². The number of rotatable bonds is 3. The fraction of sp³-hybridized carbons (Fsp3) is 1.00. The first-order valence-electron chi connectivity index (χ1n) is 7.74. The van der Waals surface area contributed by atoms with Crippen molar-refractivity contribution in [2.45, 2.75) is 67.2 Å². The minimum Gasteiger partial charge on any atom is -0.309 e. The lowest BCUT2D eigenvalue weighted by Crippen LogP contribution is -2.27. The molecule has 1 aliphatic carbocycles. The zero-order valence-electron chi connectivity index (χ0n) is 13.7. The Morgan fingerprint density at radius 1 is 0.882 bits per heavy atom. The average Bonchev–Trinajstić information content (AvgIpc) is 2.34. The van der Waals surface area contributed by atoms with Gasteiger partial charge >= 0.3 is 0 Å². The van der Waals surface area contributed by atoms with Crippen molar-refractivity contribution in [1.29, 1.82) is 0 Å². The summed E-state index contributed by atoms with van der Waals surface area (Å²) in [7, 11) is 4.38. The predicted molar refractivity (Wildman–Crippen MR) is 81.5 cm³/mol. The van der Waals surface area contributed by atoms with E-state index in [1.54, 1.807) is 0 Å². The minimum atomic E-state index is 0.903. The molecule has 0 heterocycles. The van der Waals surface area contributed by atoms with Gasteiger partial charge in [-0.1, -0.05) is 41.5 Å². The Kier molecular flexibility index (Phi) is 14.1. The molecule has 0 aromatic heterocycles. The Labute approximate surface area is 111 Å². The summed E-state index contributed by atoms with van der Waals surface area (Å²) in [6.45, 7) is 14.0. The summed E-state index contributed by atoms with van der Waals surface area (Å²) < 4.78 is 0. The number of hydrogen-bond acceptors (Lipinski definition) is 1. The van der Waals surface area contributed by atoms with Gasteiger partial charge in [0.25, 0.3) is 0 Å². The van der Waals surface area contributed by atoms with Crippen LogP contribution in [0.5, 0.6) is 0 Å². The van der Waals surface area contributed by atoms with Crippen molar-refractivity contribution < 1.29 is 0 Å². The molecule has 0 atom stereocenters. The first kappa shape index (κ1) is 19.3. The maximum atomic E-state index is 2.37. The Morgan fingerprint density at radius 3 is 1.59 bits per heavy atom. The quantitative estimate of drug-likeness (QED) is 0.669. The molecule has 106 valence electrons. The molecule has 0 aliphatic heterocycles. The van der Waals surface area contributed by atoms with Crippen molar-refractivity contribution in [2.24, 2.45) is 17.8 Å². The molecule has 0 bridgehead atoms. The standard InChI is InChI=1S/C12H25N.2C2H6/c1-10(2)12-7-5-11(6-8-12)9-13(3)4;2*1-2/h10-12H,5-9H2,1-4H3;2*1-2H3. The molecule has 1 nitrogen and oxygen atoms in total. The molecule has 0 N–H and O–H groups in total. The maximum Gasteiger partial charge on any atom is 0.000356 e. The van der Waals surface area contributed by atoms with E-state index in [0.29, 0.717) is 0 Å². The van der Waals surface area contributed by atoms with Crippen LogP contribution in [0.4, 0.5) is 0 Å². The van der Waals surface area contributed by atoms with Gasteiger partial charge in [0.05, 0.1) is 0 Å². The molecule has 0 unspecified atom stereocenters. The zero-order chi connectivity index (χ0) is 13.8. The summed E-state index contributed by atoms with van der Waals surface area (Å²) >= 11 is 0. The second-order valence-corrected chi connectivity index (χ2v) is 5.29. The van der Waals surface area contributed by atoms with E-state index in [2.05, 4.69) is 32.8 Å². The van der Waals surface area contributed by atoms with Gasteiger partial charge < -0.3 is 4.90 Å². The smallest absolute Gasteiger partial charge is 0.000356 e. The third kappa shape index (κ3) is 9.64. The highest BCUT2D eigenvalue weighted by atomic mass is 15.1. The van der Waals surface area contributed by atoms with Crippen LogP contribution in [0.15, 0.2) is 0 Å². The molecular formula is C16H37N. The van der Waals surface area contributed by atoms with Gasteiger partial charge in [-0.05, 0) is 57.5 Å². The van der Waals surface area contributed by atoms with E-state index in [1.165, 1.54) is 32.2 Å². The summed E-state index contributed by atoms with van der Waals surface area (Å²) in [5, 5.41) is 0. The van der Waals surface area contributed by atoms with E-state index >= 15 is 0 Å². The monoisotopic (exact) mass is 243 g/mol. The van der Waals surface area contributed by atoms with Gasteiger partial charge in [0, 0.05) is 6.54 Å². The molecule has 0 amide bonds. The third-order valence-corrected chi connectivity index (χ3v) is 3.46. The van der Waals surface area contributed by atoms with E-state index in [0.717, 1.165) is 17.8 Å². The Hall–Kier alpha value is -0.0400. The van der Waals surface area contributed by atoms with E-state index in [-0.39, 0.29) is 0 Å². The summed E-state index contributed by atoms with van der Waals surface area (Å²) in [5.74, 6) is 2.89. The van der Waals surface area contributed by atoms with Crippen LogP contribution in [0.1, 0.15) is 67.2 Å². The van der Waals surface area contributed by atoms with Crippen LogP contribution in [-0.4, -0.2) is 25.5 Å². The topological polar surface area (TPSA) is 3.24 Å². The highest BCUT2D eigenvalue weighted by Gasteiger charge is 2.23. The number of hydrogen-bond donors (Lipinski definition) is 0. The molecule has 1 saturated carbocycles. The fourth-order valence-electron chi connectivity index (χ4n) is 2.55. The van der Waals surface area contributed by atoms with Crippen molar-refractivity contribution in [3.8, 4) is 0 Å². The van der Waals surface area contributed by atoms with Crippen molar-refractivity contribution in [1.82, 2.24) is 4.90 Å². The van der Waals surface area contributed by atoms with Gasteiger partial charge in [0.15, 0.2) is 0 Å². The lowest BCUT2D eigenvalue weighted by atomic mass is 9.77. The second kappa shape index (κ2) is 12.4. The maximum absolute atomic E-state index is 2.37. The Bertz CT molecular complexity index is 132. The normalized spacial score (nSPS) is 23.6. The molecule has 0 aromatic rings. The van der Waals surface area contributed by atoms with Crippen LogP contribution in [0.2, 0.25) is 0 Å². The van der Waals surface area contributed by atoms with E-state index in [4.69, 9.17) is 0 Å². The van der Waals surface area contributed by atoms with Gasteiger partial charge in [-0.15, -0.1) is 0 Å². The summed E-state index contributed by atoms with van der Waals surface area (Å²) in [4.78, 5) is 2.33. The molecule has 0 saturated heterocycles. The first-order chi connectivity index (χ1) is 8.09. The Balaban J connectivity index is 0. The van der Waals surface area contributed by atoms with Gasteiger partial charge in [-0.2, -0.15) is 0 Å². The molecule has 0 radical (unpaired) electrons. The van der Waals surface area contributed by atoms with Crippen LogP contribution in [0, 0.1) is 17.8 Å². The van der Waals surface area contributed by atoms with Crippen LogP contribution >= 0.6 is 0 Å². The lowest BCUT2D eigenvalue weighted by Gasteiger charge is -2.32. The summed E-state index contributed by atoms with van der Waals surface area (Å²) in [6, 6.07) is 0. The fourth-order valence-corrected chi connectivity index (χ4v) is 2.55. The van der Waals surface area contributed by atoms with Gasteiger partial charge in [0.2, 0.25) is 0 Å². The molecule has 17 heavy (non-hydrogen) atoms. The Morgan fingerprint density at radius 2 is 1.29 bits per heavy atom. The number of nitrogens with zero attached hydrogens (tertiary/aromatic N) is 1. The second-order valence-electron chi connectivity index (χ2n) is 5.29. The molecule has 0 spiro atoms. The molecule has 0 aromatic carbocycles.